The standard InChI is InChI=1S/C28H31N5O6S2/c1-18-5-7-23(8-6-18)41(36,37)32-25-14-21(16-29-28(25)38-3)20-13-24-19(2)30-17-31-27(24)26(15-20)39-22-9-11-33(12-10-22)40(4,34)35/h5-8,13-17,22,32H,9-12H2,1-4H3. The SMILES string of the molecule is COc1ncc(-c2cc(OC3CCN(S(C)(=O)=O)CC3)c3ncnc(C)c3c2)cc1NS(=O)(=O)c1ccc(C)cc1. The van der Waals surface area contributed by atoms with E-state index in [-0.39, 0.29) is 22.6 Å². The lowest BCUT2D eigenvalue weighted by atomic mass is 10.0. The van der Waals surface area contributed by atoms with Crippen LogP contribution in [0.15, 0.2) is 59.9 Å². The van der Waals surface area contributed by atoms with Gasteiger partial charge in [-0.2, -0.15) is 0 Å². The largest absolute Gasteiger partial charge is 0.488 e. The van der Waals surface area contributed by atoms with Crippen molar-refractivity contribution in [2.75, 3.05) is 31.2 Å². The zero-order chi connectivity index (χ0) is 29.4. The highest BCUT2D eigenvalue weighted by molar-refractivity contribution is 7.92. The van der Waals surface area contributed by atoms with E-state index in [0.717, 1.165) is 16.6 Å². The molecule has 41 heavy (non-hydrogen) atoms. The van der Waals surface area contributed by atoms with Crippen molar-refractivity contribution in [3.8, 4) is 22.8 Å². The molecule has 5 rings (SSSR count). The molecule has 3 heterocycles. The Hall–Kier alpha value is -3.81. The molecule has 0 saturated carbocycles. The third-order valence-electron chi connectivity index (χ3n) is 7.02. The van der Waals surface area contributed by atoms with Crippen LogP contribution in [0.4, 0.5) is 5.69 Å². The van der Waals surface area contributed by atoms with Crippen LogP contribution in [0.3, 0.4) is 0 Å². The number of sulfonamides is 2. The summed E-state index contributed by atoms with van der Waals surface area (Å²) in [4.78, 5) is 13.3. The number of benzene rings is 2. The average molecular weight is 598 g/mol. The van der Waals surface area contributed by atoms with E-state index in [2.05, 4.69) is 19.7 Å². The molecule has 0 unspecified atom stereocenters. The monoisotopic (exact) mass is 597 g/mol. The third kappa shape index (κ3) is 6.26. The van der Waals surface area contributed by atoms with E-state index in [1.807, 2.05) is 26.0 Å². The molecule has 1 N–H and O–H groups in total. The lowest BCUT2D eigenvalue weighted by molar-refractivity contribution is 0.137. The fraction of sp³-hybridized carbons (Fsp3) is 0.321. The van der Waals surface area contributed by atoms with Gasteiger partial charge in [0.1, 0.15) is 29.4 Å². The van der Waals surface area contributed by atoms with Crippen LogP contribution in [0.1, 0.15) is 24.1 Å². The molecule has 0 bridgehead atoms. The van der Waals surface area contributed by atoms with Crippen molar-refractivity contribution in [2.24, 2.45) is 0 Å². The van der Waals surface area contributed by atoms with Gasteiger partial charge in [0.15, 0.2) is 0 Å². The van der Waals surface area contributed by atoms with Gasteiger partial charge in [-0.1, -0.05) is 17.7 Å². The quantitative estimate of drug-likeness (QED) is 0.320. The van der Waals surface area contributed by atoms with E-state index >= 15 is 0 Å². The maximum Gasteiger partial charge on any atom is 0.262 e. The van der Waals surface area contributed by atoms with Gasteiger partial charge in [0.25, 0.3) is 10.0 Å². The zero-order valence-corrected chi connectivity index (χ0v) is 24.8. The maximum absolute atomic E-state index is 13.1. The number of anilines is 1. The molecule has 1 aliphatic rings. The van der Waals surface area contributed by atoms with Crippen molar-refractivity contribution in [2.45, 2.75) is 37.7 Å². The summed E-state index contributed by atoms with van der Waals surface area (Å²) in [7, 11) is -5.74. The van der Waals surface area contributed by atoms with Crippen molar-refractivity contribution in [3.05, 3.63) is 66.2 Å². The first-order valence-electron chi connectivity index (χ1n) is 13.0. The van der Waals surface area contributed by atoms with E-state index in [1.165, 1.54) is 36.1 Å². The average Bonchev–Trinajstić information content (AvgIpc) is 2.93. The highest BCUT2D eigenvalue weighted by atomic mass is 32.2. The summed E-state index contributed by atoms with van der Waals surface area (Å²) in [6, 6.07) is 11.9. The number of methoxy groups -OCH3 is 1. The van der Waals surface area contributed by atoms with Gasteiger partial charge in [-0.25, -0.2) is 36.1 Å². The number of hydrogen-bond donors (Lipinski definition) is 1. The van der Waals surface area contributed by atoms with E-state index in [9.17, 15) is 16.8 Å². The highest BCUT2D eigenvalue weighted by Crippen LogP contribution is 2.36. The van der Waals surface area contributed by atoms with E-state index in [0.29, 0.717) is 48.3 Å². The molecule has 1 saturated heterocycles. The second-order valence-corrected chi connectivity index (χ2v) is 13.7. The number of nitrogens with one attached hydrogen (secondary N) is 1. The van der Waals surface area contributed by atoms with Crippen LogP contribution in [0.2, 0.25) is 0 Å². The first kappa shape index (κ1) is 28.7. The molecule has 0 spiro atoms. The van der Waals surface area contributed by atoms with E-state index in [1.54, 1.807) is 24.4 Å². The molecular formula is C28H31N5O6S2. The molecule has 0 atom stereocenters. The minimum Gasteiger partial charge on any atom is -0.488 e. The molecule has 1 fully saturated rings. The molecule has 4 aromatic rings. The Morgan fingerprint density at radius 2 is 1.63 bits per heavy atom. The summed E-state index contributed by atoms with van der Waals surface area (Å²) in [5.41, 5.74) is 3.84. The summed E-state index contributed by atoms with van der Waals surface area (Å²) < 4.78 is 65.9. The summed E-state index contributed by atoms with van der Waals surface area (Å²) in [5, 5.41) is 0.770. The molecule has 1 aliphatic heterocycles. The van der Waals surface area contributed by atoms with Crippen molar-refractivity contribution >= 4 is 36.6 Å². The smallest absolute Gasteiger partial charge is 0.262 e. The van der Waals surface area contributed by atoms with Crippen LogP contribution >= 0.6 is 0 Å². The second kappa shape index (κ2) is 11.2. The van der Waals surface area contributed by atoms with Crippen molar-refractivity contribution in [1.29, 1.82) is 0 Å². The summed E-state index contributed by atoms with van der Waals surface area (Å²) >= 11 is 0. The normalized spacial score (nSPS) is 15.1. The molecule has 2 aromatic carbocycles. The Balaban J connectivity index is 1.51. The minimum atomic E-state index is -3.91. The summed E-state index contributed by atoms with van der Waals surface area (Å²) in [6.45, 7) is 4.51. The molecule has 0 aliphatic carbocycles. The van der Waals surface area contributed by atoms with Gasteiger partial charge in [0, 0.05) is 35.9 Å². The van der Waals surface area contributed by atoms with Crippen molar-refractivity contribution in [1.82, 2.24) is 19.3 Å². The summed E-state index contributed by atoms with van der Waals surface area (Å²) in [6.07, 6.45) is 5.16. The topological polar surface area (TPSA) is 141 Å². The van der Waals surface area contributed by atoms with Crippen molar-refractivity contribution < 1.29 is 26.3 Å². The number of piperidine rings is 1. The number of pyridine rings is 1. The predicted octanol–water partition coefficient (Wildman–Crippen LogP) is 3.92. The lowest BCUT2D eigenvalue weighted by Gasteiger charge is -2.30. The zero-order valence-electron chi connectivity index (χ0n) is 23.2. The van der Waals surface area contributed by atoms with Gasteiger partial charge in [-0.05, 0) is 62.6 Å². The fourth-order valence-corrected chi connectivity index (χ4v) is 6.67. The first-order chi connectivity index (χ1) is 19.4. The molecule has 11 nitrogen and oxygen atoms in total. The number of nitrogens with zero attached hydrogens (tertiary/aromatic N) is 4. The number of aromatic nitrogens is 3. The number of hydrogen-bond acceptors (Lipinski definition) is 9. The van der Waals surface area contributed by atoms with Crippen LogP contribution < -0.4 is 14.2 Å². The molecule has 216 valence electrons. The molecule has 13 heteroatoms. The number of ether oxygens (including phenoxy) is 2. The van der Waals surface area contributed by atoms with Gasteiger partial charge < -0.3 is 9.47 Å². The molecule has 0 radical (unpaired) electrons. The Kier molecular flexibility index (Phi) is 7.86. The predicted molar refractivity (Wildman–Crippen MR) is 156 cm³/mol. The Morgan fingerprint density at radius 1 is 0.927 bits per heavy atom. The Bertz CT molecular complexity index is 1800. The number of aryl methyl sites for hydroxylation is 2. The lowest BCUT2D eigenvalue weighted by Crippen LogP contribution is -2.41. The second-order valence-electron chi connectivity index (χ2n) is 10.0. The van der Waals surface area contributed by atoms with Crippen LogP contribution in [0.5, 0.6) is 11.6 Å². The Labute approximate surface area is 239 Å². The number of rotatable bonds is 8. The van der Waals surface area contributed by atoms with Crippen LogP contribution in [0.25, 0.3) is 22.0 Å². The molecular weight excluding hydrogens is 566 g/mol. The van der Waals surface area contributed by atoms with Crippen molar-refractivity contribution in [3.63, 3.8) is 0 Å². The fourth-order valence-electron chi connectivity index (χ4n) is 4.74. The van der Waals surface area contributed by atoms with Crippen LogP contribution in [0, 0.1) is 13.8 Å². The van der Waals surface area contributed by atoms with Crippen LogP contribution in [-0.4, -0.2) is 68.7 Å². The van der Waals surface area contributed by atoms with E-state index < -0.39 is 20.0 Å². The highest BCUT2D eigenvalue weighted by Gasteiger charge is 2.27. The maximum atomic E-state index is 13.1. The summed E-state index contributed by atoms with van der Waals surface area (Å²) in [5.74, 6) is 0.650. The first-order valence-corrected chi connectivity index (χ1v) is 16.3. The van der Waals surface area contributed by atoms with Gasteiger partial charge in [-0.3, -0.25) is 4.72 Å². The van der Waals surface area contributed by atoms with Crippen LogP contribution in [-0.2, 0) is 20.0 Å². The molecule has 0 amide bonds. The van der Waals surface area contributed by atoms with Gasteiger partial charge >= 0.3 is 0 Å². The Morgan fingerprint density at radius 3 is 2.29 bits per heavy atom. The van der Waals surface area contributed by atoms with Gasteiger partial charge in [0.2, 0.25) is 15.9 Å². The van der Waals surface area contributed by atoms with Gasteiger partial charge in [0.05, 0.1) is 18.3 Å². The van der Waals surface area contributed by atoms with Gasteiger partial charge in [-0.15, -0.1) is 0 Å². The minimum absolute atomic E-state index is 0.117. The third-order valence-corrected chi connectivity index (χ3v) is 9.70. The van der Waals surface area contributed by atoms with E-state index in [4.69, 9.17) is 9.47 Å². The number of fused-ring (bicyclic) bond motifs is 1. The molecule has 2 aromatic heterocycles.